The first-order chi connectivity index (χ1) is 6.68. The van der Waals surface area contributed by atoms with Crippen LogP contribution in [0.3, 0.4) is 0 Å². The van der Waals surface area contributed by atoms with E-state index in [0.29, 0.717) is 11.0 Å². The molecule has 3 nitrogen and oxygen atoms in total. The van der Waals surface area contributed by atoms with Crippen LogP contribution >= 0.6 is 11.6 Å². The Morgan fingerprint density at radius 3 is 2.93 bits per heavy atom. The van der Waals surface area contributed by atoms with Gasteiger partial charge in [-0.05, 0) is 6.07 Å². The molecule has 2 rings (SSSR count). The molecule has 0 saturated carbocycles. The minimum absolute atomic E-state index is 0.232. The summed E-state index contributed by atoms with van der Waals surface area (Å²) < 4.78 is 25.6. The summed E-state index contributed by atoms with van der Waals surface area (Å²) in [4.78, 5) is 7.71. The van der Waals surface area contributed by atoms with Crippen molar-refractivity contribution in [1.82, 2.24) is 14.5 Å². The maximum Gasteiger partial charge on any atom is 0.256 e. The minimum Gasteiger partial charge on any atom is -0.325 e. The molecule has 0 aliphatic rings. The van der Waals surface area contributed by atoms with Crippen LogP contribution in [-0.2, 0) is 6.54 Å². The van der Waals surface area contributed by atoms with Crippen molar-refractivity contribution < 1.29 is 8.78 Å². The number of aromatic nitrogens is 3. The summed E-state index contributed by atoms with van der Waals surface area (Å²) in [6.45, 7) is -0.378. The first-order valence-electron chi connectivity index (χ1n) is 3.92. The van der Waals surface area contributed by atoms with Gasteiger partial charge in [-0.3, -0.25) is 0 Å². The molecule has 0 unspecified atom stereocenters. The first kappa shape index (κ1) is 9.33. The van der Waals surface area contributed by atoms with Crippen LogP contribution in [0.25, 0.3) is 11.0 Å². The lowest BCUT2D eigenvalue weighted by Gasteiger charge is -2.01. The number of fused-ring (bicyclic) bond motifs is 1. The molecule has 6 heteroatoms. The molecular formula is C8H6ClF2N3. The quantitative estimate of drug-likeness (QED) is 0.723. The molecule has 0 aromatic carbocycles. The van der Waals surface area contributed by atoms with Crippen molar-refractivity contribution in [3.8, 4) is 0 Å². The largest absolute Gasteiger partial charge is 0.325 e. The summed E-state index contributed by atoms with van der Waals surface area (Å²) in [6.07, 6.45) is 0.401. The number of rotatable bonds is 2. The Kier molecular flexibility index (Phi) is 2.33. The van der Waals surface area contributed by atoms with Gasteiger partial charge in [-0.2, -0.15) is 0 Å². The molecular weight excluding hydrogens is 212 g/mol. The van der Waals surface area contributed by atoms with Crippen molar-refractivity contribution in [2.75, 3.05) is 0 Å². The third kappa shape index (κ3) is 1.55. The van der Waals surface area contributed by atoms with E-state index in [1.165, 1.54) is 17.1 Å². The highest BCUT2D eigenvalue weighted by atomic mass is 35.5. The zero-order valence-corrected chi connectivity index (χ0v) is 7.75. The van der Waals surface area contributed by atoms with E-state index >= 15 is 0 Å². The van der Waals surface area contributed by atoms with Gasteiger partial charge in [0.1, 0.15) is 5.52 Å². The molecule has 14 heavy (non-hydrogen) atoms. The lowest BCUT2D eigenvalue weighted by Crippen LogP contribution is -2.04. The smallest absolute Gasteiger partial charge is 0.256 e. The second kappa shape index (κ2) is 3.49. The summed E-state index contributed by atoms with van der Waals surface area (Å²) in [5.41, 5.74) is 1.03. The molecule has 2 aromatic rings. The Hall–Kier alpha value is -1.23. The van der Waals surface area contributed by atoms with E-state index in [0.717, 1.165) is 0 Å². The lowest BCUT2D eigenvalue weighted by atomic mass is 10.4. The van der Waals surface area contributed by atoms with Crippen molar-refractivity contribution in [3.05, 3.63) is 23.7 Å². The number of pyridine rings is 1. The van der Waals surface area contributed by atoms with Gasteiger partial charge in [0.15, 0.2) is 5.15 Å². The lowest BCUT2D eigenvalue weighted by molar-refractivity contribution is 0.128. The molecule has 2 heterocycles. The number of nitrogens with zero attached hydrogens (tertiary/aromatic N) is 3. The molecule has 0 N–H and O–H groups in total. The number of halogens is 3. The molecule has 0 saturated heterocycles. The second-order valence-electron chi connectivity index (χ2n) is 2.76. The van der Waals surface area contributed by atoms with Crippen LogP contribution in [0.15, 0.2) is 18.6 Å². The molecule has 0 atom stereocenters. The molecule has 0 aliphatic carbocycles. The molecule has 0 aliphatic heterocycles. The van der Waals surface area contributed by atoms with Crippen molar-refractivity contribution in [2.24, 2.45) is 0 Å². The van der Waals surface area contributed by atoms with E-state index in [4.69, 9.17) is 11.6 Å². The van der Waals surface area contributed by atoms with Gasteiger partial charge in [-0.15, -0.1) is 0 Å². The number of imidazole rings is 1. The predicted molar refractivity (Wildman–Crippen MR) is 48.5 cm³/mol. The topological polar surface area (TPSA) is 30.7 Å². The predicted octanol–water partition coefficient (Wildman–Crippen LogP) is 2.35. The highest BCUT2D eigenvalue weighted by Crippen LogP contribution is 2.19. The van der Waals surface area contributed by atoms with Crippen LogP contribution in [-0.4, -0.2) is 21.0 Å². The Labute approximate surface area is 83.3 Å². The normalized spacial score (nSPS) is 11.4. The van der Waals surface area contributed by atoms with E-state index in [1.54, 1.807) is 6.07 Å². The van der Waals surface area contributed by atoms with Crippen LogP contribution in [0.4, 0.5) is 8.78 Å². The zero-order valence-electron chi connectivity index (χ0n) is 6.99. The fourth-order valence-corrected chi connectivity index (χ4v) is 1.46. The van der Waals surface area contributed by atoms with Crippen LogP contribution in [0.5, 0.6) is 0 Å². The third-order valence-electron chi connectivity index (χ3n) is 1.83. The van der Waals surface area contributed by atoms with E-state index < -0.39 is 6.43 Å². The highest BCUT2D eigenvalue weighted by molar-refractivity contribution is 6.33. The fraction of sp³-hybridized carbons (Fsp3) is 0.250. The van der Waals surface area contributed by atoms with E-state index in [9.17, 15) is 8.78 Å². The monoisotopic (exact) mass is 217 g/mol. The minimum atomic E-state index is -2.40. The van der Waals surface area contributed by atoms with Crippen LogP contribution < -0.4 is 0 Å². The Balaban J connectivity index is 2.52. The van der Waals surface area contributed by atoms with Gasteiger partial charge in [0.05, 0.1) is 18.4 Å². The molecule has 0 bridgehead atoms. The standard InChI is InChI=1S/C8H6ClF2N3/c9-8-7-5(1-2-12-8)14(4-13-7)3-6(10)11/h1-2,4,6H,3H2. The fourth-order valence-electron chi connectivity index (χ4n) is 1.25. The van der Waals surface area contributed by atoms with Gasteiger partial charge < -0.3 is 4.57 Å². The summed E-state index contributed by atoms with van der Waals surface area (Å²) in [5.74, 6) is 0. The summed E-state index contributed by atoms with van der Waals surface area (Å²) in [7, 11) is 0. The molecule has 0 amide bonds. The zero-order chi connectivity index (χ0) is 10.1. The molecule has 2 aromatic heterocycles. The van der Waals surface area contributed by atoms with Gasteiger partial charge in [-0.1, -0.05) is 11.6 Å². The Bertz CT molecular complexity index is 455. The van der Waals surface area contributed by atoms with Crippen LogP contribution in [0.2, 0.25) is 5.15 Å². The SMILES string of the molecule is FC(F)Cn1cnc2c(Cl)nccc21. The van der Waals surface area contributed by atoms with Gasteiger partial charge in [0, 0.05) is 6.20 Å². The maximum absolute atomic E-state index is 12.1. The van der Waals surface area contributed by atoms with Gasteiger partial charge in [0.25, 0.3) is 6.43 Å². The summed E-state index contributed by atoms with van der Waals surface area (Å²) in [5, 5.41) is 0.232. The van der Waals surface area contributed by atoms with Crippen LogP contribution in [0, 0.1) is 0 Å². The Morgan fingerprint density at radius 1 is 1.43 bits per heavy atom. The van der Waals surface area contributed by atoms with Gasteiger partial charge >= 0.3 is 0 Å². The molecule has 0 spiro atoms. The van der Waals surface area contributed by atoms with Crippen molar-refractivity contribution in [3.63, 3.8) is 0 Å². The van der Waals surface area contributed by atoms with Crippen LogP contribution in [0.1, 0.15) is 0 Å². The molecule has 0 radical (unpaired) electrons. The number of alkyl halides is 2. The average molecular weight is 218 g/mol. The van der Waals surface area contributed by atoms with E-state index in [1.807, 2.05) is 0 Å². The van der Waals surface area contributed by atoms with Crippen molar-refractivity contribution in [2.45, 2.75) is 13.0 Å². The molecule has 74 valence electrons. The van der Waals surface area contributed by atoms with Crippen molar-refractivity contribution >= 4 is 22.6 Å². The first-order valence-corrected chi connectivity index (χ1v) is 4.30. The third-order valence-corrected chi connectivity index (χ3v) is 2.11. The average Bonchev–Trinajstić information content (AvgIpc) is 2.49. The molecule has 0 fully saturated rings. The highest BCUT2D eigenvalue weighted by Gasteiger charge is 2.10. The van der Waals surface area contributed by atoms with Gasteiger partial charge in [-0.25, -0.2) is 18.7 Å². The number of hydrogen-bond acceptors (Lipinski definition) is 2. The van der Waals surface area contributed by atoms with E-state index in [2.05, 4.69) is 9.97 Å². The number of hydrogen-bond donors (Lipinski definition) is 0. The maximum atomic E-state index is 12.1. The second-order valence-corrected chi connectivity index (χ2v) is 3.12. The van der Waals surface area contributed by atoms with E-state index in [-0.39, 0.29) is 11.7 Å². The summed E-state index contributed by atoms with van der Waals surface area (Å²) >= 11 is 5.73. The van der Waals surface area contributed by atoms with Gasteiger partial charge in [0.2, 0.25) is 0 Å². The summed E-state index contributed by atoms with van der Waals surface area (Å²) in [6, 6.07) is 1.61. The Morgan fingerprint density at radius 2 is 2.21 bits per heavy atom. The van der Waals surface area contributed by atoms with Crippen molar-refractivity contribution in [1.29, 1.82) is 0 Å².